The van der Waals surface area contributed by atoms with E-state index in [0.29, 0.717) is 21.4 Å². The Morgan fingerprint density at radius 1 is 1.23 bits per heavy atom. The summed E-state index contributed by atoms with van der Waals surface area (Å²) in [4.78, 5) is 12.0. The van der Waals surface area contributed by atoms with Gasteiger partial charge >= 0.3 is 0 Å². The van der Waals surface area contributed by atoms with Crippen molar-refractivity contribution in [3.8, 4) is 5.75 Å². The molecule has 0 saturated heterocycles. The van der Waals surface area contributed by atoms with Gasteiger partial charge in [0.25, 0.3) is 5.91 Å². The second-order valence-corrected chi connectivity index (χ2v) is 8.40. The predicted molar refractivity (Wildman–Crippen MR) is 111 cm³/mol. The lowest BCUT2D eigenvalue weighted by atomic mass is 9.86. The number of rotatable bonds is 5. The van der Waals surface area contributed by atoms with Gasteiger partial charge in [-0.15, -0.1) is 0 Å². The van der Waals surface area contributed by atoms with Crippen LogP contribution >= 0.6 is 39.1 Å². The van der Waals surface area contributed by atoms with Crippen LogP contribution in [0.5, 0.6) is 5.75 Å². The summed E-state index contributed by atoms with van der Waals surface area (Å²) in [5.74, 6) is 0.301. The first-order valence-electron chi connectivity index (χ1n) is 7.86. The Kier molecular flexibility index (Phi) is 7.09. The standard InChI is InChI=1S/C19H19BrCl2N2O2/c1-19(2,3)15-8-13(20)5-7-17(15)26-11-18(25)24-23-10-12-4-6-14(21)9-16(12)22/h4-10H,11H2,1-3H3,(H,24,25)/b23-10+. The van der Waals surface area contributed by atoms with E-state index in [1.54, 1.807) is 18.2 Å². The van der Waals surface area contributed by atoms with Gasteiger partial charge in [-0.25, -0.2) is 5.43 Å². The van der Waals surface area contributed by atoms with Crippen molar-refractivity contribution < 1.29 is 9.53 Å². The number of hydrogen-bond acceptors (Lipinski definition) is 3. The summed E-state index contributed by atoms with van der Waals surface area (Å²) in [6, 6.07) is 10.7. The summed E-state index contributed by atoms with van der Waals surface area (Å²) in [6.45, 7) is 6.11. The van der Waals surface area contributed by atoms with Gasteiger partial charge in [-0.1, -0.05) is 66.0 Å². The van der Waals surface area contributed by atoms with Gasteiger partial charge in [-0.05, 0) is 35.7 Å². The Labute approximate surface area is 171 Å². The molecule has 0 aliphatic rings. The zero-order valence-corrected chi connectivity index (χ0v) is 17.7. The van der Waals surface area contributed by atoms with Gasteiger partial charge in [0.1, 0.15) is 5.75 Å². The van der Waals surface area contributed by atoms with E-state index in [1.165, 1.54) is 6.21 Å². The molecule has 2 aromatic carbocycles. The summed E-state index contributed by atoms with van der Waals surface area (Å²) >= 11 is 15.3. The third-order valence-corrected chi connectivity index (χ3v) is 4.52. The van der Waals surface area contributed by atoms with Gasteiger partial charge in [0.05, 0.1) is 11.2 Å². The molecule has 0 fully saturated rings. The number of hydrogen-bond donors (Lipinski definition) is 1. The van der Waals surface area contributed by atoms with Crippen LogP contribution in [-0.4, -0.2) is 18.7 Å². The molecule has 0 aromatic heterocycles. The number of benzene rings is 2. The van der Waals surface area contributed by atoms with E-state index in [9.17, 15) is 4.79 Å². The lowest BCUT2D eigenvalue weighted by Crippen LogP contribution is -2.25. The number of halogens is 3. The topological polar surface area (TPSA) is 50.7 Å². The number of nitrogens with one attached hydrogen (secondary N) is 1. The fourth-order valence-electron chi connectivity index (χ4n) is 2.17. The first-order valence-corrected chi connectivity index (χ1v) is 9.41. The molecule has 0 bridgehead atoms. The second-order valence-electron chi connectivity index (χ2n) is 6.64. The van der Waals surface area contributed by atoms with Crippen LogP contribution in [0.2, 0.25) is 10.0 Å². The fraction of sp³-hybridized carbons (Fsp3) is 0.263. The molecule has 4 nitrogen and oxygen atoms in total. The number of carbonyl (C=O) groups is 1. The van der Waals surface area contributed by atoms with Crippen molar-refractivity contribution in [3.05, 3.63) is 62.0 Å². The monoisotopic (exact) mass is 456 g/mol. The Balaban J connectivity index is 1.96. The van der Waals surface area contributed by atoms with Crippen molar-refractivity contribution in [2.24, 2.45) is 5.10 Å². The van der Waals surface area contributed by atoms with Crippen LogP contribution < -0.4 is 10.2 Å². The number of ether oxygens (including phenoxy) is 1. The largest absolute Gasteiger partial charge is 0.483 e. The summed E-state index contributed by atoms with van der Waals surface area (Å²) in [5.41, 5.74) is 3.97. The second kappa shape index (κ2) is 8.89. The maximum absolute atomic E-state index is 12.0. The van der Waals surface area contributed by atoms with Crippen molar-refractivity contribution in [2.45, 2.75) is 26.2 Å². The summed E-state index contributed by atoms with van der Waals surface area (Å²) in [7, 11) is 0. The lowest BCUT2D eigenvalue weighted by Gasteiger charge is -2.23. The van der Waals surface area contributed by atoms with E-state index in [1.807, 2.05) is 18.2 Å². The molecule has 0 saturated carbocycles. The minimum Gasteiger partial charge on any atom is -0.483 e. The SMILES string of the molecule is CC(C)(C)c1cc(Br)ccc1OCC(=O)N/N=C/c1ccc(Cl)cc1Cl. The zero-order chi connectivity index (χ0) is 19.3. The van der Waals surface area contributed by atoms with Crippen LogP contribution in [-0.2, 0) is 10.2 Å². The molecule has 0 radical (unpaired) electrons. The van der Waals surface area contributed by atoms with E-state index in [4.69, 9.17) is 27.9 Å². The lowest BCUT2D eigenvalue weighted by molar-refractivity contribution is -0.123. The highest BCUT2D eigenvalue weighted by Crippen LogP contribution is 2.33. The molecule has 0 aliphatic carbocycles. The molecule has 0 spiro atoms. The molecule has 26 heavy (non-hydrogen) atoms. The van der Waals surface area contributed by atoms with Crippen molar-refractivity contribution in [3.63, 3.8) is 0 Å². The molecule has 2 aromatic rings. The van der Waals surface area contributed by atoms with Gasteiger partial charge < -0.3 is 4.74 Å². The molecule has 2 rings (SSSR count). The van der Waals surface area contributed by atoms with Crippen molar-refractivity contribution in [2.75, 3.05) is 6.61 Å². The first kappa shape index (κ1) is 20.7. The number of nitrogens with zero attached hydrogens (tertiary/aromatic N) is 1. The molecule has 1 amide bonds. The van der Waals surface area contributed by atoms with Crippen LogP contribution in [0.1, 0.15) is 31.9 Å². The maximum Gasteiger partial charge on any atom is 0.277 e. The summed E-state index contributed by atoms with van der Waals surface area (Å²) in [5, 5.41) is 4.88. The number of carbonyl (C=O) groups excluding carboxylic acids is 1. The van der Waals surface area contributed by atoms with Gasteiger partial charge in [-0.2, -0.15) is 5.10 Å². The summed E-state index contributed by atoms with van der Waals surface area (Å²) in [6.07, 6.45) is 1.46. The van der Waals surface area contributed by atoms with Gasteiger partial charge in [0, 0.05) is 20.6 Å². The van der Waals surface area contributed by atoms with E-state index < -0.39 is 0 Å². The number of hydrazone groups is 1. The molecular weight excluding hydrogens is 439 g/mol. The Hall–Kier alpha value is -1.56. The highest BCUT2D eigenvalue weighted by atomic mass is 79.9. The number of amides is 1. The molecular formula is C19H19BrCl2N2O2. The Bertz CT molecular complexity index is 833. The third kappa shape index (κ3) is 6.01. The zero-order valence-electron chi connectivity index (χ0n) is 14.6. The maximum atomic E-state index is 12.0. The van der Waals surface area contributed by atoms with Gasteiger partial charge in [-0.3, -0.25) is 4.79 Å². The summed E-state index contributed by atoms with van der Waals surface area (Å²) < 4.78 is 6.63. The predicted octanol–water partition coefficient (Wildman–Crippen LogP) is 5.58. The highest BCUT2D eigenvalue weighted by molar-refractivity contribution is 9.10. The molecule has 0 atom stereocenters. The Morgan fingerprint density at radius 3 is 2.62 bits per heavy atom. The molecule has 0 unspecified atom stereocenters. The van der Waals surface area contributed by atoms with E-state index in [-0.39, 0.29) is 17.9 Å². The first-order chi connectivity index (χ1) is 12.2. The third-order valence-electron chi connectivity index (χ3n) is 3.46. The van der Waals surface area contributed by atoms with E-state index in [0.717, 1.165) is 10.0 Å². The van der Waals surface area contributed by atoms with Crippen LogP contribution in [0.4, 0.5) is 0 Å². The molecule has 138 valence electrons. The molecule has 0 aliphatic heterocycles. The van der Waals surface area contributed by atoms with Crippen molar-refractivity contribution in [1.82, 2.24) is 5.43 Å². The van der Waals surface area contributed by atoms with E-state index >= 15 is 0 Å². The highest BCUT2D eigenvalue weighted by Gasteiger charge is 2.19. The van der Waals surface area contributed by atoms with E-state index in [2.05, 4.69) is 47.2 Å². The average Bonchev–Trinajstić information content (AvgIpc) is 2.55. The van der Waals surface area contributed by atoms with Crippen molar-refractivity contribution >= 4 is 51.3 Å². The molecule has 0 heterocycles. The van der Waals surface area contributed by atoms with Gasteiger partial charge in [0.2, 0.25) is 0 Å². The molecule has 1 N–H and O–H groups in total. The minimum absolute atomic E-state index is 0.112. The van der Waals surface area contributed by atoms with Crippen LogP contribution in [0.3, 0.4) is 0 Å². The van der Waals surface area contributed by atoms with Crippen LogP contribution in [0, 0.1) is 0 Å². The van der Waals surface area contributed by atoms with Crippen LogP contribution in [0.15, 0.2) is 46.0 Å². The van der Waals surface area contributed by atoms with Crippen LogP contribution in [0.25, 0.3) is 0 Å². The van der Waals surface area contributed by atoms with Gasteiger partial charge in [0.15, 0.2) is 6.61 Å². The quantitative estimate of drug-likeness (QED) is 0.470. The minimum atomic E-state index is -0.367. The smallest absolute Gasteiger partial charge is 0.277 e. The Morgan fingerprint density at radius 2 is 1.96 bits per heavy atom. The molecule has 7 heteroatoms. The fourth-order valence-corrected chi connectivity index (χ4v) is 2.99. The average molecular weight is 458 g/mol. The van der Waals surface area contributed by atoms with Crippen molar-refractivity contribution in [1.29, 1.82) is 0 Å². The normalized spacial score (nSPS) is 11.6.